The standard InChI is InChI=1S/C6H7NO.C2H6.Y/c1-6-2-4-7(8)5-3-6;1-2;/h2,4-5,8H,1H3;1-2H3;. The predicted octanol–water partition coefficient (Wildman–Crippen LogP) is 1.34. The molecule has 11 heavy (non-hydrogen) atoms. The van der Waals surface area contributed by atoms with Gasteiger partial charge in [0.05, 0.1) is 0 Å². The summed E-state index contributed by atoms with van der Waals surface area (Å²) in [5, 5.41) is 8.64. The van der Waals surface area contributed by atoms with Crippen molar-refractivity contribution >= 4 is 0 Å². The summed E-state index contributed by atoms with van der Waals surface area (Å²) in [6.45, 7) is 5.92. The van der Waals surface area contributed by atoms with Gasteiger partial charge in [-0.2, -0.15) is 6.07 Å². The summed E-state index contributed by atoms with van der Waals surface area (Å²) in [5.74, 6) is 0. The van der Waals surface area contributed by atoms with Crippen molar-refractivity contribution in [2.75, 3.05) is 0 Å². The first kappa shape index (κ1) is 13.6. The Hall–Kier alpha value is 0.0539. The van der Waals surface area contributed by atoms with Crippen LogP contribution in [0.1, 0.15) is 19.4 Å². The summed E-state index contributed by atoms with van der Waals surface area (Å²) in [6.07, 6.45) is 3.03. The maximum absolute atomic E-state index is 8.64. The third-order valence-electron chi connectivity index (χ3n) is 0.902. The number of nitrogens with zero attached hydrogens (tertiary/aromatic N) is 1. The number of pyridine rings is 1. The maximum atomic E-state index is 8.64. The molecule has 0 spiro atoms. The average Bonchev–Trinajstić information content (AvgIpc) is 2.00. The van der Waals surface area contributed by atoms with Crippen molar-refractivity contribution in [1.82, 2.24) is 0 Å². The van der Waals surface area contributed by atoms with Gasteiger partial charge in [-0.3, -0.25) is 5.21 Å². The molecule has 0 saturated heterocycles. The van der Waals surface area contributed by atoms with Crippen molar-refractivity contribution in [2.45, 2.75) is 20.8 Å². The number of hydrogen-bond donors (Lipinski definition) is 1. The Labute approximate surface area is 93.1 Å². The van der Waals surface area contributed by atoms with Crippen LogP contribution in [0.2, 0.25) is 0 Å². The van der Waals surface area contributed by atoms with Gasteiger partial charge in [-0.25, -0.2) is 5.56 Å². The maximum Gasteiger partial charge on any atom is 0.143 e. The Kier molecular flexibility index (Phi) is 10.1. The minimum Gasteiger partial charge on any atom is -0.288 e. The minimum atomic E-state index is 0. The number of aromatic nitrogens is 1. The zero-order chi connectivity index (χ0) is 7.98. The summed E-state index contributed by atoms with van der Waals surface area (Å²) < 4.78 is 0.965. The van der Waals surface area contributed by atoms with Crippen LogP contribution in [0.5, 0.6) is 0 Å². The number of hydrogen-bond acceptors (Lipinski definition) is 1. The molecule has 2 nitrogen and oxygen atoms in total. The van der Waals surface area contributed by atoms with Crippen LogP contribution in [0.3, 0.4) is 0 Å². The molecule has 0 unspecified atom stereocenters. The molecule has 0 atom stereocenters. The monoisotopic (exact) mass is 228 g/mol. The molecule has 0 aliphatic carbocycles. The van der Waals surface area contributed by atoms with E-state index < -0.39 is 0 Å². The van der Waals surface area contributed by atoms with Crippen molar-refractivity contribution in [3.05, 3.63) is 30.1 Å². The van der Waals surface area contributed by atoms with E-state index in [1.807, 2.05) is 20.8 Å². The molecule has 1 heterocycles. The molecule has 1 N–H and O–H groups in total. The van der Waals surface area contributed by atoms with Crippen molar-refractivity contribution < 1.29 is 42.6 Å². The van der Waals surface area contributed by atoms with E-state index in [0.29, 0.717) is 0 Å². The number of rotatable bonds is 0. The van der Waals surface area contributed by atoms with Gasteiger partial charge < -0.3 is 0 Å². The van der Waals surface area contributed by atoms with Gasteiger partial charge in [0.15, 0.2) is 0 Å². The fourth-order valence-electron chi connectivity index (χ4n) is 0.447. The van der Waals surface area contributed by atoms with Crippen molar-refractivity contribution in [1.29, 1.82) is 0 Å². The van der Waals surface area contributed by atoms with Gasteiger partial charge in [0, 0.05) is 32.7 Å². The van der Waals surface area contributed by atoms with E-state index in [1.165, 1.54) is 6.20 Å². The Balaban J connectivity index is 0. The van der Waals surface area contributed by atoms with Crippen molar-refractivity contribution in [3.63, 3.8) is 0 Å². The SMILES string of the molecule is CC.Cc1[c-]c[n+](O)cc1.[Y]. The van der Waals surface area contributed by atoms with Crippen LogP contribution in [0, 0.1) is 13.0 Å². The molecule has 3 heteroatoms. The molecular weight excluding hydrogens is 215 g/mol. The Morgan fingerprint density at radius 3 is 2.27 bits per heavy atom. The second kappa shape index (κ2) is 8.15. The predicted molar refractivity (Wildman–Crippen MR) is 38.7 cm³/mol. The molecule has 1 aromatic heterocycles. The van der Waals surface area contributed by atoms with E-state index >= 15 is 0 Å². The zero-order valence-corrected chi connectivity index (χ0v) is 10.0. The summed E-state index contributed by atoms with van der Waals surface area (Å²) >= 11 is 0. The van der Waals surface area contributed by atoms with E-state index in [1.54, 1.807) is 12.3 Å². The fourth-order valence-corrected chi connectivity index (χ4v) is 0.447. The average molecular weight is 228 g/mol. The molecule has 1 aromatic rings. The van der Waals surface area contributed by atoms with Crippen LogP contribution in [0.4, 0.5) is 0 Å². The van der Waals surface area contributed by atoms with E-state index in [-0.39, 0.29) is 32.7 Å². The van der Waals surface area contributed by atoms with Gasteiger partial charge in [0.1, 0.15) is 12.4 Å². The van der Waals surface area contributed by atoms with E-state index in [9.17, 15) is 0 Å². The summed E-state index contributed by atoms with van der Waals surface area (Å²) in [4.78, 5) is 0. The normalized spacial score (nSPS) is 7.18. The number of aryl methyl sites for hydroxylation is 1. The molecule has 0 aliphatic heterocycles. The van der Waals surface area contributed by atoms with Crippen molar-refractivity contribution in [2.24, 2.45) is 0 Å². The van der Waals surface area contributed by atoms with Gasteiger partial charge in [-0.05, 0) is 4.73 Å². The molecule has 1 rings (SSSR count). The van der Waals surface area contributed by atoms with E-state index in [2.05, 4.69) is 6.07 Å². The van der Waals surface area contributed by atoms with Gasteiger partial charge in [0.25, 0.3) is 0 Å². The topological polar surface area (TPSA) is 24.1 Å². The van der Waals surface area contributed by atoms with E-state index in [4.69, 9.17) is 5.21 Å². The first-order chi connectivity index (χ1) is 4.79. The molecule has 1 radical (unpaired) electrons. The second-order valence-electron chi connectivity index (χ2n) is 1.65. The first-order valence-electron chi connectivity index (χ1n) is 3.38. The van der Waals surface area contributed by atoms with Crippen LogP contribution in [-0.4, -0.2) is 5.21 Å². The zero-order valence-electron chi connectivity index (χ0n) is 7.20. The summed E-state index contributed by atoms with van der Waals surface area (Å²) in [5.41, 5.74) is 1.02. The molecule has 0 fully saturated rings. The van der Waals surface area contributed by atoms with E-state index in [0.717, 1.165) is 10.3 Å². The van der Waals surface area contributed by atoms with Crippen LogP contribution < -0.4 is 4.73 Å². The molecular formula is C8H13NOY. The molecule has 59 valence electrons. The molecule has 0 aliphatic rings. The molecule has 0 aromatic carbocycles. The Morgan fingerprint density at radius 1 is 1.45 bits per heavy atom. The molecule has 0 bridgehead atoms. The molecule has 0 amide bonds. The fraction of sp³-hybridized carbons (Fsp3) is 0.375. The van der Waals surface area contributed by atoms with Crippen LogP contribution in [-0.2, 0) is 32.7 Å². The summed E-state index contributed by atoms with van der Waals surface area (Å²) in [6, 6.07) is 4.59. The third kappa shape index (κ3) is 6.45. The van der Waals surface area contributed by atoms with Crippen molar-refractivity contribution in [3.8, 4) is 0 Å². The third-order valence-corrected chi connectivity index (χ3v) is 0.902. The Bertz CT molecular complexity index is 153. The van der Waals surface area contributed by atoms with Crippen LogP contribution in [0.15, 0.2) is 18.5 Å². The van der Waals surface area contributed by atoms with Crippen LogP contribution >= 0.6 is 0 Å². The van der Waals surface area contributed by atoms with Gasteiger partial charge in [-0.15, -0.1) is 6.07 Å². The quantitative estimate of drug-likeness (QED) is 0.404. The summed E-state index contributed by atoms with van der Waals surface area (Å²) in [7, 11) is 0. The van der Waals surface area contributed by atoms with Gasteiger partial charge in [-0.1, -0.05) is 20.8 Å². The van der Waals surface area contributed by atoms with Gasteiger partial charge >= 0.3 is 0 Å². The molecule has 0 saturated carbocycles. The largest absolute Gasteiger partial charge is 0.288 e. The Morgan fingerprint density at radius 2 is 2.00 bits per heavy atom. The first-order valence-corrected chi connectivity index (χ1v) is 3.38. The smallest absolute Gasteiger partial charge is 0.143 e. The minimum absolute atomic E-state index is 0. The van der Waals surface area contributed by atoms with Gasteiger partial charge in [0.2, 0.25) is 0 Å². The van der Waals surface area contributed by atoms with Crippen LogP contribution in [0.25, 0.3) is 0 Å². The second-order valence-corrected chi connectivity index (χ2v) is 1.65.